The average Bonchev–Trinajstić information content (AvgIpc) is 3.36. The molecule has 0 atom stereocenters. The molecule has 10 nitrogen and oxygen atoms in total. The number of hydrogen-bond donors (Lipinski definition) is 0. The van der Waals surface area contributed by atoms with E-state index in [1.165, 1.54) is 0 Å². The lowest BCUT2D eigenvalue weighted by Crippen LogP contribution is -2.08. The van der Waals surface area contributed by atoms with Gasteiger partial charge in [-0.1, -0.05) is 18.2 Å². The lowest BCUT2D eigenvalue weighted by Gasteiger charge is -2.08. The summed E-state index contributed by atoms with van der Waals surface area (Å²) in [4.78, 5) is 33.8. The first-order chi connectivity index (χ1) is 16.5. The van der Waals surface area contributed by atoms with E-state index < -0.39 is 11.9 Å². The van der Waals surface area contributed by atoms with Gasteiger partial charge in [-0.25, -0.2) is 28.6 Å². The molecule has 0 aliphatic carbocycles. The van der Waals surface area contributed by atoms with Gasteiger partial charge in [-0.05, 0) is 43.2 Å². The number of hydrogen-bond acceptors (Lipinski definition) is 8. The second-order valence-corrected chi connectivity index (χ2v) is 7.67. The summed E-state index contributed by atoms with van der Waals surface area (Å²) in [5.41, 5.74) is 4.18. The molecule has 0 radical (unpaired) electrons. The summed E-state index contributed by atoms with van der Waals surface area (Å²) in [5, 5.41) is 8.57. The molecule has 5 rings (SSSR count). The fraction of sp³-hybridized carbons (Fsp3) is 0.167. The van der Waals surface area contributed by atoms with Crippen LogP contribution in [0.15, 0.2) is 61.2 Å². The van der Waals surface area contributed by atoms with Crippen molar-refractivity contribution in [3.63, 3.8) is 0 Å². The van der Waals surface area contributed by atoms with Crippen molar-refractivity contribution in [3.05, 3.63) is 94.8 Å². The molecule has 170 valence electrons. The molecule has 0 spiro atoms. The number of carbonyl (C=O) groups is 2. The van der Waals surface area contributed by atoms with Gasteiger partial charge in [0.2, 0.25) is 0 Å². The highest BCUT2D eigenvalue weighted by atomic mass is 16.5. The quantitative estimate of drug-likeness (QED) is 0.358. The lowest BCUT2D eigenvalue weighted by molar-refractivity contribution is 0.0472. The molecule has 0 unspecified atom stereocenters. The van der Waals surface area contributed by atoms with Crippen LogP contribution in [0.25, 0.3) is 11.3 Å². The van der Waals surface area contributed by atoms with Crippen molar-refractivity contribution in [1.29, 1.82) is 0 Å². The molecule has 4 heterocycles. The SMILES string of the molecule is Cc1nn2cccnc2c1C(=O)OCc1cccc(COC(=O)c2c(C)nn3cccnc23)c1. The Bertz CT molecular complexity index is 1430. The minimum absolute atomic E-state index is 0.0569. The van der Waals surface area contributed by atoms with Crippen molar-refractivity contribution in [3.8, 4) is 0 Å². The molecule has 5 aromatic rings. The molecular weight excluding hydrogens is 436 g/mol. The Morgan fingerprint density at radius 2 is 1.24 bits per heavy atom. The summed E-state index contributed by atoms with van der Waals surface area (Å²) in [7, 11) is 0. The Balaban J connectivity index is 1.25. The monoisotopic (exact) mass is 456 g/mol. The first-order valence-corrected chi connectivity index (χ1v) is 10.5. The molecule has 0 fully saturated rings. The largest absolute Gasteiger partial charge is 0.457 e. The minimum atomic E-state index is -0.501. The van der Waals surface area contributed by atoms with Crippen LogP contribution in [-0.2, 0) is 22.7 Å². The predicted octanol–water partition coefficient (Wildman–Crippen LogP) is 3.10. The summed E-state index contributed by atoms with van der Waals surface area (Å²) in [5.74, 6) is -1.00. The van der Waals surface area contributed by atoms with E-state index in [0.717, 1.165) is 11.1 Å². The highest BCUT2D eigenvalue weighted by Crippen LogP contribution is 2.17. The van der Waals surface area contributed by atoms with Gasteiger partial charge in [0, 0.05) is 24.8 Å². The van der Waals surface area contributed by atoms with Gasteiger partial charge in [0.1, 0.15) is 24.3 Å². The van der Waals surface area contributed by atoms with E-state index >= 15 is 0 Å². The Labute approximate surface area is 193 Å². The van der Waals surface area contributed by atoms with Crippen molar-refractivity contribution in [2.75, 3.05) is 0 Å². The van der Waals surface area contributed by atoms with Crippen LogP contribution in [-0.4, -0.2) is 41.1 Å². The second kappa shape index (κ2) is 8.74. The van der Waals surface area contributed by atoms with E-state index in [-0.39, 0.29) is 13.2 Å². The topological polar surface area (TPSA) is 113 Å². The highest BCUT2D eigenvalue weighted by Gasteiger charge is 2.21. The molecular formula is C24H20N6O4. The Kier molecular flexibility index (Phi) is 5.46. The molecule has 0 aliphatic heterocycles. The molecule has 0 bridgehead atoms. The summed E-state index contributed by atoms with van der Waals surface area (Å²) >= 11 is 0. The molecule has 0 aliphatic rings. The molecule has 0 N–H and O–H groups in total. The lowest BCUT2D eigenvalue weighted by atomic mass is 10.1. The van der Waals surface area contributed by atoms with E-state index in [1.54, 1.807) is 59.8 Å². The zero-order valence-corrected chi connectivity index (χ0v) is 18.5. The zero-order chi connectivity index (χ0) is 23.7. The first kappa shape index (κ1) is 21.3. The van der Waals surface area contributed by atoms with Crippen molar-refractivity contribution in [2.45, 2.75) is 27.1 Å². The number of esters is 2. The van der Waals surface area contributed by atoms with Crippen molar-refractivity contribution < 1.29 is 19.1 Å². The van der Waals surface area contributed by atoms with Crippen LogP contribution in [0.1, 0.15) is 43.2 Å². The van der Waals surface area contributed by atoms with Crippen LogP contribution in [0, 0.1) is 13.8 Å². The number of ether oxygens (including phenoxy) is 2. The molecule has 0 saturated carbocycles. The van der Waals surface area contributed by atoms with E-state index in [1.807, 2.05) is 24.3 Å². The summed E-state index contributed by atoms with van der Waals surface area (Å²) in [6, 6.07) is 10.8. The Morgan fingerprint density at radius 1 is 0.765 bits per heavy atom. The van der Waals surface area contributed by atoms with E-state index in [9.17, 15) is 9.59 Å². The maximum atomic E-state index is 12.7. The van der Waals surface area contributed by atoms with Gasteiger partial charge in [-0.15, -0.1) is 0 Å². The van der Waals surface area contributed by atoms with Crippen LogP contribution in [0.3, 0.4) is 0 Å². The van der Waals surface area contributed by atoms with Crippen molar-refractivity contribution >= 4 is 23.2 Å². The molecule has 4 aromatic heterocycles. The van der Waals surface area contributed by atoms with Crippen LogP contribution in [0.5, 0.6) is 0 Å². The summed E-state index contributed by atoms with van der Waals surface area (Å²) in [6.45, 7) is 3.59. The van der Waals surface area contributed by atoms with Gasteiger partial charge in [0.05, 0.1) is 11.4 Å². The smallest absolute Gasteiger partial charge is 0.344 e. The van der Waals surface area contributed by atoms with E-state index in [0.29, 0.717) is 33.8 Å². The number of carbonyl (C=O) groups excluding carboxylic acids is 2. The Morgan fingerprint density at radius 3 is 1.71 bits per heavy atom. The summed E-state index contributed by atoms with van der Waals surface area (Å²) in [6.07, 6.45) is 6.65. The summed E-state index contributed by atoms with van der Waals surface area (Å²) < 4.78 is 14.1. The molecule has 10 heteroatoms. The molecule has 0 saturated heterocycles. The fourth-order valence-corrected chi connectivity index (χ4v) is 3.72. The number of rotatable bonds is 6. The van der Waals surface area contributed by atoms with Gasteiger partial charge in [-0.3, -0.25) is 0 Å². The van der Waals surface area contributed by atoms with Crippen molar-refractivity contribution in [1.82, 2.24) is 29.2 Å². The van der Waals surface area contributed by atoms with Crippen LogP contribution in [0.4, 0.5) is 0 Å². The van der Waals surface area contributed by atoms with Gasteiger partial charge in [0.25, 0.3) is 0 Å². The number of benzene rings is 1. The average molecular weight is 456 g/mol. The standard InChI is InChI=1S/C24H20N6O4/c1-15-19(21-25-8-4-10-29(21)27-15)23(31)33-13-17-6-3-7-18(12-17)14-34-24(32)20-16(2)28-30-11-5-9-26-22(20)30/h3-12H,13-14H2,1-2H3. The highest BCUT2D eigenvalue weighted by molar-refractivity contribution is 5.97. The number of nitrogens with zero attached hydrogens (tertiary/aromatic N) is 6. The molecule has 1 aromatic carbocycles. The molecule has 34 heavy (non-hydrogen) atoms. The Hall–Kier alpha value is -4.60. The van der Waals surface area contributed by atoms with E-state index in [4.69, 9.17) is 9.47 Å². The fourth-order valence-electron chi connectivity index (χ4n) is 3.72. The van der Waals surface area contributed by atoms with Crippen molar-refractivity contribution in [2.24, 2.45) is 0 Å². The van der Waals surface area contributed by atoms with Gasteiger partial charge < -0.3 is 9.47 Å². The number of aromatic nitrogens is 6. The van der Waals surface area contributed by atoms with Crippen LogP contribution >= 0.6 is 0 Å². The van der Waals surface area contributed by atoms with E-state index in [2.05, 4.69) is 20.2 Å². The number of fused-ring (bicyclic) bond motifs is 2. The van der Waals surface area contributed by atoms with Gasteiger partial charge in [0.15, 0.2) is 11.3 Å². The number of aryl methyl sites for hydroxylation is 2. The maximum Gasteiger partial charge on any atom is 0.344 e. The van der Waals surface area contributed by atoms with Gasteiger partial charge >= 0.3 is 11.9 Å². The third-order valence-electron chi connectivity index (χ3n) is 5.28. The third-order valence-corrected chi connectivity index (χ3v) is 5.28. The van der Waals surface area contributed by atoms with Crippen LogP contribution in [0.2, 0.25) is 0 Å². The first-order valence-electron chi connectivity index (χ1n) is 10.5. The minimum Gasteiger partial charge on any atom is -0.457 e. The normalized spacial score (nSPS) is 11.1. The third kappa shape index (κ3) is 3.96. The second-order valence-electron chi connectivity index (χ2n) is 7.67. The predicted molar refractivity (Wildman–Crippen MR) is 120 cm³/mol. The zero-order valence-electron chi connectivity index (χ0n) is 18.5. The maximum absolute atomic E-state index is 12.7. The van der Waals surface area contributed by atoms with Gasteiger partial charge in [-0.2, -0.15) is 10.2 Å². The molecule has 0 amide bonds. The van der Waals surface area contributed by atoms with Crippen LogP contribution < -0.4 is 0 Å².